The molecule has 0 aliphatic heterocycles. The third-order valence-corrected chi connectivity index (χ3v) is 5.76. The lowest BCUT2D eigenvalue weighted by Crippen LogP contribution is -2.34. The van der Waals surface area contributed by atoms with Crippen LogP contribution >= 0.6 is 0 Å². The molecule has 4 heteroatoms. The van der Waals surface area contributed by atoms with E-state index in [2.05, 4.69) is 6.92 Å². The van der Waals surface area contributed by atoms with Gasteiger partial charge in [0.2, 0.25) is 0 Å². The number of Topliss-reactive ketones (excluding diaryl/α,β-unsaturated/α-hetero) is 2. The zero-order valence-corrected chi connectivity index (χ0v) is 14.7. The Labute approximate surface area is 144 Å². The maximum atomic E-state index is 12.5. The number of carbonyl (C=O) groups excluding carboxylic acids is 2. The zero-order valence-electron chi connectivity index (χ0n) is 14.7. The molecule has 0 radical (unpaired) electrons. The van der Waals surface area contributed by atoms with Gasteiger partial charge in [0.15, 0.2) is 0 Å². The lowest BCUT2D eigenvalue weighted by molar-refractivity contribution is -0.137. The first kappa shape index (κ1) is 18.9. The fourth-order valence-electron chi connectivity index (χ4n) is 4.50. The van der Waals surface area contributed by atoms with Gasteiger partial charge in [-0.2, -0.15) is 0 Å². The van der Waals surface area contributed by atoms with Gasteiger partial charge in [-0.05, 0) is 43.9 Å². The van der Waals surface area contributed by atoms with Crippen LogP contribution in [0.3, 0.4) is 0 Å². The van der Waals surface area contributed by atoms with Crippen molar-refractivity contribution in [3.8, 4) is 0 Å². The van der Waals surface area contributed by atoms with Crippen LogP contribution in [0.2, 0.25) is 0 Å². The topological polar surface area (TPSA) is 71.4 Å². The summed E-state index contributed by atoms with van der Waals surface area (Å²) < 4.78 is 0. The highest BCUT2D eigenvalue weighted by molar-refractivity contribution is 5.88. The number of fused-ring (bicyclic) bond motifs is 1. The van der Waals surface area contributed by atoms with E-state index in [0.717, 1.165) is 38.5 Å². The van der Waals surface area contributed by atoms with Gasteiger partial charge in [-0.15, -0.1) is 0 Å². The molecule has 0 aromatic rings. The predicted molar refractivity (Wildman–Crippen MR) is 92.6 cm³/mol. The SMILES string of the molecule is CCCC[C@@H]1C(=O)CC[C@@H]2[C@@H]1CC(=O)[C@H]2C/C=C/CCCC(=O)O. The maximum absolute atomic E-state index is 12.5. The molecule has 2 fully saturated rings. The van der Waals surface area contributed by atoms with Crippen molar-refractivity contribution in [2.75, 3.05) is 0 Å². The van der Waals surface area contributed by atoms with E-state index in [1.54, 1.807) is 0 Å². The monoisotopic (exact) mass is 334 g/mol. The summed E-state index contributed by atoms with van der Waals surface area (Å²) in [5, 5.41) is 8.62. The summed E-state index contributed by atoms with van der Waals surface area (Å²) in [6.45, 7) is 2.14. The van der Waals surface area contributed by atoms with Crippen LogP contribution in [-0.4, -0.2) is 22.6 Å². The van der Waals surface area contributed by atoms with Gasteiger partial charge in [-0.3, -0.25) is 14.4 Å². The Balaban J connectivity index is 1.88. The van der Waals surface area contributed by atoms with E-state index < -0.39 is 5.97 Å². The molecule has 0 bridgehead atoms. The van der Waals surface area contributed by atoms with Gasteiger partial charge in [0, 0.05) is 31.1 Å². The van der Waals surface area contributed by atoms with Gasteiger partial charge in [0.05, 0.1) is 0 Å². The lowest BCUT2D eigenvalue weighted by Gasteiger charge is -2.34. The summed E-state index contributed by atoms with van der Waals surface area (Å²) in [6, 6.07) is 0. The third kappa shape index (κ3) is 4.78. The number of allylic oxidation sites excluding steroid dienone is 2. The summed E-state index contributed by atoms with van der Waals surface area (Å²) in [6.07, 6.45) is 11.6. The number of carbonyl (C=O) groups is 3. The number of carboxylic acid groups (broad SMARTS) is 1. The largest absolute Gasteiger partial charge is 0.481 e. The first-order chi connectivity index (χ1) is 11.5. The summed E-state index contributed by atoms with van der Waals surface area (Å²) >= 11 is 0. The molecule has 2 aliphatic rings. The second-order valence-corrected chi connectivity index (χ2v) is 7.35. The molecule has 0 amide bonds. The molecule has 2 rings (SSSR count). The molecule has 1 N–H and O–H groups in total. The van der Waals surface area contributed by atoms with Gasteiger partial charge in [-0.25, -0.2) is 0 Å². The van der Waals surface area contributed by atoms with Gasteiger partial charge < -0.3 is 5.11 Å². The first-order valence-corrected chi connectivity index (χ1v) is 9.46. The van der Waals surface area contributed by atoms with Crippen molar-refractivity contribution >= 4 is 17.5 Å². The summed E-state index contributed by atoms with van der Waals surface area (Å²) in [5.41, 5.74) is 0. The molecular weight excluding hydrogens is 304 g/mol. The molecular formula is C20H30O4. The Morgan fingerprint density at radius 3 is 2.62 bits per heavy atom. The zero-order chi connectivity index (χ0) is 17.5. The van der Waals surface area contributed by atoms with Crippen LogP contribution in [0.1, 0.15) is 71.1 Å². The van der Waals surface area contributed by atoms with Crippen LogP contribution in [-0.2, 0) is 14.4 Å². The van der Waals surface area contributed by atoms with E-state index >= 15 is 0 Å². The van der Waals surface area contributed by atoms with E-state index in [9.17, 15) is 14.4 Å². The predicted octanol–water partition coefficient (Wildman–Crippen LogP) is 4.18. The summed E-state index contributed by atoms with van der Waals surface area (Å²) in [7, 11) is 0. The maximum Gasteiger partial charge on any atom is 0.303 e. The Hall–Kier alpha value is -1.45. The van der Waals surface area contributed by atoms with Crippen LogP contribution in [0.4, 0.5) is 0 Å². The van der Waals surface area contributed by atoms with Crippen LogP contribution in [0.5, 0.6) is 0 Å². The van der Waals surface area contributed by atoms with Crippen molar-refractivity contribution in [1.29, 1.82) is 0 Å². The standard InChI is InChI=1S/C20H30O4/c1-2-3-8-16-17-13-19(22)15(14(17)11-12-18(16)21)9-6-4-5-7-10-20(23)24/h4,6,14-17H,2-3,5,7-13H2,1H3,(H,23,24)/b6-4+/t14-,15-,16-,17-/m0/s1. The van der Waals surface area contributed by atoms with Crippen molar-refractivity contribution < 1.29 is 19.5 Å². The van der Waals surface area contributed by atoms with Crippen molar-refractivity contribution in [2.24, 2.45) is 23.7 Å². The number of hydrogen-bond donors (Lipinski definition) is 1. The highest BCUT2D eigenvalue weighted by atomic mass is 16.4. The second-order valence-electron chi connectivity index (χ2n) is 7.35. The second kappa shape index (κ2) is 9.14. The van der Waals surface area contributed by atoms with Gasteiger partial charge in [0.25, 0.3) is 0 Å². The number of unbranched alkanes of at least 4 members (excludes halogenated alkanes) is 2. The van der Waals surface area contributed by atoms with Crippen LogP contribution < -0.4 is 0 Å². The minimum Gasteiger partial charge on any atom is -0.481 e. The minimum absolute atomic E-state index is 0.0722. The summed E-state index contributed by atoms with van der Waals surface area (Å²) in [5.74, 6) is 0.775. The normalized spacial score (nSPS) is 30.0. The van der Waals surface area contributed by atoms with Crippen molar-refractivity contribution in [1.82, 2.24) is 0 Å². The van der Waals surface area contributed by atoms with Gasteiger partial charge >= 0.3 is 5.97 Å². The van der Waals surface area contributed by atoms with Crippen molar-refractivity contribution in [3.63, 3.8) is 0 Å². The van der Waals surface area contributed by atoms with Crippen LogP contribution in [0.25, 0.3) is 0 Å². The molecule has 134 valence electrons. The molecule has 24 heavy (non-hydrogen) atoms. The van der Waals surface area contributed by atoms with E-state index in [1.165, 1.54) is 0 Å². The molecule has 0 saturated heterocycles. The van der Waals surface area contributed by atoms with Crippen molar-refractivity contribution in [2.45, 2.75) is 71.1 Å². The quantitative estimate of drug-likeness (QED) is 0.507. The van der Waals surface area contributed by atoms with Gasteiger partial charge in [0.1, 0.15) is 11.6 Å². The fourth-order valence-corrected chi connectivity index (χ4v) is 4.50. The molecule has 0 unspecified atom stereocenters. The van der Waals surface area contributed by atoms with E-state index in [1.807, 2.05) is 12.2 Å². The third-order valence-electron chi connectivity index (χ3n) is 5.76. The lowest BCUT2D eigenvalue weighted by atomic mass is 9.69. The molecule has 0 aromatic carbocycles. The molecule has 4 nitrogen and oxygen atoms in total. The van der Waals surface area contributed by atoms with Gasteiger partial charge in [-0.1, -0.05) is 31.9 Å². The molecule has 2 saturated carbocycles. The highest BCUT2D eigenvalue weighted by Gasteiger charge is 2.48. The van der Waals surface area contributed by atoms with Crippen LogP contribution in [0, 0.1) is 23.7 Å². The van der Waals surface area contributed by atoms with E-state index in [4.69, 9.17) is 5.11 Å². The minimum atomic E-state index is -0.762. The number of carboxylic acids is 1. The average molecular weight is 334 g/mol. The average Bonchev–Trinajstić information content (AvgIpc) is 2.85. The van der Waals surface area contributed by atoms with Crippen LogP contribution in [0.15, 0.2) is 12.2 Å². The molecule has 4 atom stereocenters. The number of rotatable bonds is 9. The molecule has 0 aromatic heterocycles. The number of hydrogen-bond acceptors (Lipinski definition) is 3. The highest BCUT2D eigenvalue weighted by Crippen LogP contribution is 2.48. The van der Waals surface area contributed by atoms with E-state index in [0.29, 0.717) is 36.7 Å². The Morgan fingerprint density at radius 2 is 1.92 bits per heavy atom. The van der Waals surface area contributed by atoms with Crippen molar-refractivity contribution in [3.05, 3.63) is 12.2 Å². The fraction of sp³-hybridized carbons (Fsp3) is 0.750. The molecule has 0 spiro atoms. The summed E-state index contributed by atoms with van der Waals surface area (Å²) in [4.78, 5) is 35.2. The molecule has 0 heterocycles. The Bertz CT molecular complexity index is 494. The van der Waals surface area contributed by atoms with E-state index in [-0.39, 0.29) is 24.2 Å². The first-order valence-electron chi connectivity index (χ1n) is 9.46. The Kier molecular flexibility index (Phi) is 7.19. The number of ketones is 2. The Morgan fingerprint density at radius 1 is 1.12 bits per heavy atom. The smallest absolute Gasteiger partial charge is 0.303 e. The molecule has 2 aliphatic carbocycles. The number of aliphatic carboxylic acids is 1.